The summed E-state index contributed by atoms with van der Waals surface area (Å²) >= 11 is 0. The van der Waals surface area contributed by atoms with Gasteiger partial charge < -0.3 is 15.3 Å². The first-order valence-electron chi connectivity index (χ1n) is 3.57. The average Bonchev–Trinajstić information content (AvgIpc) is 2.10. The molecule has 0 bridgehead atoms. The van der Waals surface area contributed by atoms with Gasteiger partial charge in [0, 0.05) is 6.42 Å². The fourth-order valence-corrected chi connectivity index (χ4v) is 1.30. The summed E-state index contributed by atoms with van der Waals surface area (Å²) in [5, 5.41) is 9.23. The molecule has 1 saturated heterocycles. The van der Waals surface area contributed by atoms with Crippen molar-refractivity contribution in [3.63, 3.8) is 0 Å². The molecule has 1 heterocycles. The highest BCUT2D eigenvalue weighted by molar-refractivity contribution is 4.78. The van der Waals surface area contributed by atoms with E-state index in [9.17, 15) is 5.11 Å². The molecule has 0 saturated carbocycles. The second-order valence-electron chi connectivity index (χ2n) is 2.70. The Morgan fingerprint density at radius 1 is 1.60 bits per heavy atom. The standard InChI is InChI=1S/C7H14O2.H2O/c1-3-7-6(8)4-5(2)9-7;/h5-8H,3-4H2,1-2H3;1H2/t5-,6?,7+;/m1./s1. The van der Waals surface area contributed by atoms with Crippen LogP contribution in [0.4, 0.5) is 0 Å². The maximum absolute atomic E-state index is 9.23. The van der Waals surface area contributed by atoms with Crippen LogP contribution in [-0.2, 0) is 4.74 Å². The van der Waals surface area contributed by atoms with E-state index in [4.69, 9.17) is 4.74 Å². The van der Waals surface area contributed by atoms with Crippen LogP contribution in [0, 0.1) is 0 Å². The molecule has 0 radical (unpaired) electrons. The molecule has 1 fully saturated rings. The lowest BCUT2D eigenvalue weighted by molar-refractivity contribution is 0.0144. The summed E-state index contributed by atoms with van der Waals surface area (Å²) in [7, 11) is 0. The fraction of sp³-hybridized carbons (Fsp3) is 1.00. The lowest BCUT2D eigenvalue weighted by atomic mass is 10.1. The molecule has 0 aromatic rings. The van der Waals surface area contributed by atoms with Crippen LogP contribution >= 0.6 is 0 Å². The van der Waals surface area contributed by atoms with Gasteiger partial charge in [-0.15, -0.1) is 0 Å². The minimum atomic E-state index is -0.218. The van der Waals surface area contributed by atoms with Crippen LogP contribution in [-0.4, -0.2) is 28.9 Å². The summed E-state index contributed by atoms with van der Waals surface area (Å²) in [6.45, 7) is 4.03. The molecule has 3 heteroatoms. The molecule has 0 amide bonds. The van der Waals surface area contributed by atoms with E-state index < -0.39 is 0 Å². The minimum Gasteiger partial charge on any atom is -0.412 e. The highest BCUT2D eigenvalue weighted by atomic mass is 16.5. The summed E-state index contributed by atoms with van der Waals surface area (Å²) < 4.78 is 5.37. The van der Waals surface area contributed by atoms with Crippen molar-refractivity contribution in [3.05, 3.63) is 0 Å². The molecule has 3 N–H and O–H groups in total. The first kappa shape index (κ1) is 9.88. The van der Waals surface area contributed by atoms with Crippen molar-refractivity contribution in [1.82, 2.24) is 0 Å². The molecule has 62 valence electrons. The molecular formula is C7H16O3. The number of aliphatic hydroxyl groups is 1. The van der Waals surface area contributed by atoms with Crippen molar-refractivity contribution in [1.29, 1.82) is 0 Å². The summed E-state index contributed by atoms with van der Waals surface area (Å²) in [6.07, 6.45) is 1.86. The minimum absolute atomic E-state index is 0. The summed E-state index contributed by atoms with van der Waals surface area (Å²) in [6, 6.07) is 0. The molecule has 1 rings (SSSR count). The largest absolute Gasteiger partial charge is 0.412 e. The summed E-state index contributed by atoms with van der Waals surface area (Å²) in [5.41, 5.74) is 0. The van der Waals surface area contributed by atoms with Crippen LogP contribution < -0.4 is 0 Å². The molecule has 1 unspecified atom stereocenters. The van der Waals surface area contributed by atoms with Crippen LogP contribution in [0.15, 0.2) is 0 Å². The molecule has 0 aromatic heterocycles. The van der Waals surface area contributed by atoms with Gasteiger partial charge in [0.15, 0.2) is 0 Å². The van der Waals surface area contributed by atoms with E-state index in [0.717, 1.165) is 12.8 Å². The molecule has 3 atom stereocenters. The number of ether oxygens (including phenoxy) is 1. The Balaban J connectivity index is 0.000000810. The number of rotatable bonds is 1. The van der Waals surface area contributed by atoms with Crippen LogP contribution in [0.5, 0.6) is 0 Å². The monoisotopic (exact) mass is 148 g/mol. The van der Waals surface area contributed by atoms with Crippen LogP contribution in [0.2, 0.25) is 0 Å². The first-order valence-corrected chi connectivity index (χ1v) is 3.57. The number of hydrogen-bond donors (Lipinski definition) is 1. The van der Waals surface area contributed by atoms with Gasteiger partial charge in [-0.25, -0.2) is 0 Å². The predicted octanol–water partition coefficient (Wildman–Crippen LogP) is 0.110. The first-order chi connectivity index (χ1) is 4.24. The van der Waals surface area contributed by atoms with Gasteiger partial charge in [-0.2, -0.15) is 0 Å². The Kier molecular flexibility index (Phi) is 3.86. The number of aliphatic hydroxyl groups excluding tert-OH is 1. The quantitative estimate of drug-likeness (QED) is 0.573. The maximum atomic E-state index is 9.23. The van der Waals surface area contributed by atoms with Crippen molar-refractivity contribution >= 4 is 0 Å². The lowest BCUT2D eigenvalue weighted by Gasteiger charge is -2.09. The molecular weight excluding hydrogens is 132 g/mol. The van der Waals surface area contributed by atoms with Crippen molar-refractivity contribution < 1.29 is 15.3 Å². The SMILES string of the molecule is CC[C@@H]1O[C@H](C)CC1O.O. The van der Waals surface area contributed by atoms with Gasteiger partial charge in [-0.1, -0.05) is 6.92 Å². The zero-order valence-corrected chi connectivity index (χ0v) is 6.50. The Labute approximate surface area is 61.3 Å². The van der Waals surface area contributed by atoms with Crippen LogP contribution in [0.3, 0.4) is 0 Å². The molecule has 1 aliphatic rings. The Hall–Kier alpha value is -0.120. The van der Waals surface area contributed by atoms with E-state index in [1.165, 1.54) is 0 Å². The summed E-state index contributed by atoms with van der Waals surface area (Å²) in [5.74, 6) is 0. The zero-order valence-electron chi connectivity index (χ0n) is 6.50. The molecule has 0 spiro atoms. The van der Waals surface area contributed by atoms with Gasteiger partial charge in [-0.05, 0) is 13.3 Å². The molecule has 1 aliphatic heterocycles. The Morgan fingerprint density at radius 3 is 2.40 bits per heavy atom. The molecule has 0 aromatic carbocycles. The summed E-state index contributed by atoms with van der Waals surface area (Å²) in [4.78, 5) is 0. The Bertz CT molecular complexity index is 94.9. The van der Waals surface area contributed by atoms with Crippen LogP contribution in [0.1, 0.15) is 26.7 Å². The zero-order chi connectivity index (χ0) is 6.85. The maximum Gasteiger partial charge on any atom is 0.0835 e. The average molecular weight is 148 g/mol. The van der Waals surface area contributed by atoms with Crippen molar-refractivity contribution in [2.45, 2.75) is 45.0 Å². The van der Waals surface area contributed by atoms with Crippen molar-refractivity contribution in [2.24, 2.45) is 0 Å². The topological polar surface area (TPSA) is 61.0 Å². The van der Waals surface area contributed by atoms with Gasteiger partial charge in [0.2, 0.25) is 0 Å². The van der Waals surface area contributed by atoms with E-state index in [-0.39, 0.29) is 23.8 Å². The second-order valence-corrected chi connectivity index (χ2v) is 2.70. The van der Waals surface area contributed by atoms with E-state index in [2.05, 4.69) is 0 Å². The van der Waals surface area contributed by atoms with E-state index in [1.54, 1.807) is 0 Å². The van der Waals surface area contributed by atoms with Gasteiger partial charge in [0.25, 0.3) is 0 Å². The molecule has 0 aliphatic carbocycles. The molecule has 3 nitrogen and oxygen atoms in total. The highest BCUT2D eigenvalue weighted by Gasteiger charge is 2.29. The van der Waals surface area contributed by atoms with E-state index in [0.29, 0.717) is 0 Å². The fourth-order valence-electron chi connectivity index (χ4n) is 1.30. The third kappa shape index (κ3) is 1.94. The third-order valence-electron chi connectivity index (χ3n) is 1.81. The second kappa shape index (κ2) is 3.91. The van der Waals surface area contributed by atoms with Gasteiger partial charge in [-0.3, -0.25) is 0 Å². The van der Waals surface area contributed by atoms with Gasteiger partial charge in [0.1, 0.15) is 0 Å². The molecule has 10 heavy (non-hydrogen) atoms. The normalized spacial score (nSPS) is 39.3. The number of hydrogen-bond acceptors (Lipinski definition) is 2. The van der Waals surface area contributed by atoms with Crippen LogP contribution in [0.25, 0.3) is 0 Å². The highest BCUT2D eigenvalue weighted by Crippen LogP contribution is 2.21. The van der Waals surface area contributed by atoms with Crippen molar-refractivity contribution in [3.8, 4) is 0 Å². The lowest BCUT2D eigenvalue weighted by Crippen LogP contribution is -2.18. The van der Waals surface area contributed by atoms with Crippen molar-refractivity contribution in [2.75, 3.05) is 0 Å². The van der Waals surface area contributed by atoms with E-state index >= 15 is 0 Å². The van der Waals surface area contributed by atoms with Gasteiger partial charge >= 0.3 is 0 Å². The van der Waals surface area contributed by atoms with Gasteiger partial charge in [0.05, 0.1) is 18.3 Å². The van der Waals surface area contributed by atoms with E-state index in [1.807, 2.05) is 13.8 Å². The Morgan fingerprint density at radius 2 is 2.20 bits per heavy atom. The third-order valence-corrected chi connectivity index (χ3v) is 1.81. The smallest absolute Gasteiger partial charge is 0.0835 e. The predicted molar refractivity (Wildman–Crippen MR) is 38.9 cm³/mol.